The first-order valence-electron chi connectivity index (χ1n) is 5.70. The Morgan fingerprint density at radius 1 is 1.24 bits per heavy atom. The van der Waals surface area contributed by atoms with Gasteiger partial charge in [0.15, 0.2) is 6.79 Å². The van der Waals surface area contributed by atoms with Gasteiger partial charge in [0, 0.05) is 19.2 Å². The Balaban J connectivity index is 2.77. The minimum absolute atomic E-state index is 0.0794. The van der Waals surface area contributed by atoms with E-state index < -0.39 is 0 Å². The van der Waals surface area contributed by atoms with Crippen LogP contribution in [0.2, 0.25) is 0 Å². The largest absolute Gasteiger partial charge is 0.468 e. The van der Waals surface area contributed by atoms with Crippen LogP contribution in [0.4, 0.5) is 0 Å². The van der Waals surface area contributed by atoms with Crippen molar-refractivity contribution >= 4 is 0 Å². The predicted octanol–water partition coefficient (Wildman–Crippen LogP) is 1.62. The lowest BCUT2D eigenvalue weighted by Gasteiger charge is -2.28. The number of nitrogens with two attached hydrogens (primary N) is 1. The monoisotopic (exact) mass is 238 g/mol. The molecule has 0 aromatic heterocycles. The molecule has 96 valence electrons. The van der Waals surface area contributed by atoms with E-state index >= 15 is 0 Å². The van der Waals surface area contributed by atoms with Gasteiger partial charge in [-0.05, 0) is 38.7 Å². The molecule has 4 nitrogen and oxygen atoms in total. The fraction of sp³-hybridized carbons (Fsp3) is 0.538. The Hall–Kier alpha value is -1.10. The average molecular weight is 238 g/mol. The highest BCUT2D eigenvalue weighted by atomic mass is 16.7. The highest BCUT2D eigenvalue weighted by molar-refractivity contribution is 5.29. The van der Waals surface area contributed by atoms with Gasteiger partial charge in [-0.3, -0.25) is 0 Å². The van der Waals surface area contributed by atoms with Crippen molar-refractivity contribution in [1.29, 1.82) is 0 Å². The average Bonchev–Trinajstić information content (AvgIpc) is 2.27. The number of rotatable bonds is 6. The maximum Gasteiger partial charge on any atom is 0.188 e. The SMILES string of the molecule is COCOc1ccc(C([C@H](C)N)N(C)C)cc1. The van der Waals surface area contributed by atoms with Gasteiger partial charge >= 0.3 is 0 Å². The molecular weight excluding hydrogens is 216 g/mol. The lowest BCUT2D eigenvalue weighted by atomic mass is 10.00. The molecule has 0 fully saturated rings. The van der Waals surface area contributed by atoms with Gasteiger partial charge < -0.3 is 20.1 Å². The highest BCUT2D eigenvalue weighted by Crippen LogP contribution is 2.23. The Morgan fingerprint density at radius 3 is 2.24 bits per heavy atom. The first-order valence-corrected chi connectivity index (χ1v) is 5.70. The van der Waals surface area contributed by atoms with Crippen LogP contribution in [0.1, 0.15) is 18.5 Å². The smallest absolute Gasteiger partial charge is 0.188 e. The molecule has 0 spiro atoms. The third-order valence-electron chi connectivity index (χ3n) is 2.62. The van der Waals surface area contributed by atoms with E-state index in [0.29, 0.717) is 0 Å². The van der Waals surface area contributed by atoms with E-state index in [1.165, 1.54) is 5.56 Å². The van der Waals surface area contributed by atoms with Gasteiger partial charge in [0.1, 0.15) is 5.75 Å². The molecule has 0 radical (unpaired) electrons. The van der Waals surface area contributed by atoms with Gasteiger partial charge in [0.05, 0.1) is 0 Å². The van der Waals surface area contributed by atoms with Crippen molar-refractivity contribution in [3.8, 4) is 5.75 Å². The van der Waals surface area contributed by atoms with Crippen LogP contribution < -0.4 is 10.5 Å². The summed E-state index contributed by atoms with van der Waals surface area (Å²) < 4.78 is 10.2. The van der Waals surface area contributed by atoms with Crippen LogP contribution in [0.5, 0.6) is 5.75 Å². The molecule has 0 aliphatic rings. The molecule has 17 heavy (non-hydrogen) atoms. The number of hydrogen-bond acceptors (Lipinski definition) is 4. The second-order valence-electron chi connectivity index (χ2n) is 4.39. The van der Waals surface area contributed by atoms with Crippen LogP contribution in [0.25, 0.3) is 0 Å². The predicted molar refractivity (Wildman–Crippen MR) is 69.0 cm³/mol. The molecule has 0 amide bonds. The summed E-state index contributed by atoms with van der Waals surface area (Å²) >= 11 is 0. The van der Waals surface area contributed by atoms with E-state index in [2.05, 4.69) is 4.90 Å². The molecular formula is C13H22N2O2. The van der Waals surface area contributed by atoms with Crippen LogP contribution in [-0.2, 0) is 4.74 Å². The van der Waals surface area contributed by atoms with Crippen LogP contribution in [0.15, 0.2) is 24.3 Å². The summed E-state index contributed by atoms with van der Waals surface area (Å²) in [7, 11) is 5.67. The second kappa shape index (κ2) is 6.59. The van der Waals surface area contributed by atoms with E-state index in [0.717, 1.165) is 5.75 Å². The zero-order valence-electron chi connectivity index (χ0n) is 11.0. The van der Waals surface area contributed by atoms with Gasteiger partial charge in [-0.2, -0.15) is 0 Å². The molecule has 0 bridgehead atoms. The summed E-state index contributed by atoms with van der Waals surface area (Å²) in [6.45, 7) is 2.28. The molecule has 1 unspecified atom stereocenters. The molecule has 0 aliphatic carbocycles. The number of ether oxygens (including phenoxy) is 2. The first kappa shape index (κ1) is 14.0. The van der Waals surface area contributed by atoms with Crippen LogP contribution >= 0.6 is 0 Å². The fourth-order valence-corrected chi connectivity index (χ4v) is 1.96. The van der Waals surface area contributed by atoms with Gasteiger partial charge in [-0.25, -0.2) is 0 Å². The van der Waals surface area contributed by atoms with E-state index in [1.807, 2.05) is 45.3 Å². The van der Waals surface area contributed by atoms with E-state index in [1.54, 1.807) is 7.11 Å². The van der Waals surface area contributed by atoms with Crippen molar-refractivity contribution in [1.82, 2.24) is 4.90 Å². The number of nitrogens with zero attached hydrogens (tertiary/aromatic N) is 1. The van der Waals surface area contributed by atoms with E-state index in [-0.39, 0.29) is 18.9 Å². The molecule has 0 saturated heterocycles. The van der Waals surface area contributed by atoms with Crippen molar-refractivity contribution in [2.75, 3.05) is 28.0 Å². The lowest BCUT2D eigenvalue weighted by Crippen LogP contribution is -2.34. The summed E-state index contributed by atoms with van der Waals surface area (Å²) in [5.41, 5.74) is 7.18. The zero-order chi connectivity index (χ0) is 12.8. The topological polar surface area (TPSA) is 47.7 Å². The maximum atomic E-state index is 5.99. The van der Waals surface area contributed by atoms with Crippen molar-refractivity contribution in [2.45, 2.75) is 19.0 Å². The van der Waals surface area contributed by atoms with Gasteiger partial charge in [-0.15, -0.1) is 0 Å². The van der Waals surface area contributed by atoms with Gasteiger partial charge in [-0.1, -0.05) is 12.1 Å². The van der Waals surface area contributed by atoms with E-state index in [9.17, 15) is 0 Å². The molecule has 2 atom stereocenters. The minimum Gasteiger partial charge on any atom is -0.468 e. The van der Waals surface area contributed by atoms with Crippen molar-refractivity contribution < 1.29 is 9.47 Å². The Morgan fingerprint density at radius 2 is 1.82 bits per heavy atom. The number of likely N-dealkylation sites (N-methyl/N-ethyl adjacent to an activating group) is 1. The Bertz CT molecular complexity index is 315. The Labute approximate surface area is 103 Å². The maximum absolute atomic E-state index is 5.99. The fourth-order valence-electron chi connectivity index (χ4n) is 1.96. The second-order valence-corrected chi connectivity index (χ2v) is 4.39. The number of hydrogen-bond donors (Lipinski definition) is 1. The van der Waals surface area contributed by atoms with Gasteiger partial charge in [0.2, 0.25) is 0 Å². The summed E-state index contributed by atoms with van der Waals surface area (Å²) in [6.07, 6.45) is 0. The molecule has 0 saturated carbocycles. The van der Waals surface area contributed by atoms with Crippen LogP contribution in [0, 0.1) is 0 Å². The molecule has 4 heteroatoms. The first-order chi connectivity index (χ1) is 8.06. The summed E-state index contributed by atoms with van der Waals surface area (Å²) in [5, 5.41) is 0. The molecule has 0 aliphatic heterocycles. The quantitative estimate of drug-likeness (QED) is 0.765. The lowest BCUT2D eigenvalue weighted by molar-refractivity contribution is 0.0511. The van der Waals surface area contributed by atoms with Gasteiger partial charge in [0.25, 0.3) is 0 Å². The van der Waals surface area contributed by atoms with Crippen molar-refractivity contribution in [2.24, 2.45) is 5.73 Å². The normalized spacial score (nSPS) is 14.7. The summed E-state index contributed by atoms with van der Waals surface area (Å²) in [4.78, 5) is 2.12. The third-order valence-corrected chi connectivity index (χ3v) is 2.62. The van der Waals surface area contributed by atoms with Crippen LogP contribution in [0.3, 0.4) is 0 Å². The standard InChI is InChI=1S/C13H22N2O2/c1-10(14)13(15(2)3)11-5-7-12(8-6-11)17-9-16-4/h5-8,10,13H,9,14H2,1-4H3/t10-,13?/m0/s1. The van der Waals surface area contributed by atoms with E-state index in [4.69, 9.17) is 15.2 Å². The molecule has 1 rings (SSSR count). The zero-order valence-corrected chi connectivity index (χ0v) is 11.0. The van der Waals surface area contributed by atoms with Crippen LogP contribution in [-0.4, -0.2) is 38.9 Å². The molecule has 1 aromatic carbocycles. The Kier molecular flexibility index (Phi) is 5.41. The summed E-state index contributed by atoms with van der Waals surface area (Å²) in [6, 6.07) is 8.25. The minimum atomic E-state index is 0.0794. The van der Waals surface area contributed by atoms with Crippen molar-refractivity contribution in [3.05, 3.63) is 29.8 Å². The third kappa shape index (κ3) is 4.00. The number of benzene rings is 1. The highest BCUT2D eigenvalue weighted by Gasteiger charge is 2.18. The number of methoxy groups -OCH3 is 1. The summed E-state index contributed by atoms with van der Waals surface area (Å²) in [5.74, 6) is 0.804. The van der Waals surface area contributed by atoms with Crippen molar-refractivity contribution in [3.63, 3.8) is 0 Å². The molecule has 1 aromatic rings. The molecule has 0 heterocycles. The molecule has 2 N–H and O–H groups in total.